The summed E-state index contributed by atoms with van der Waals surface area (Å²) in [4.78, 5) is 36.3. The van der Waals surface area contributed by atoms with Gasteiger partial charge in [-0.3, -0.25) is 9.59 Å². The normalized spacial score (nSPS) is 16.6. The Morgan fingerprint density at radius 2 is 1.85 bits per heavy atom. The maximum atomic E-state index is 12.6. The highest BCUT2D eigenvalue weighted by Gasteiger charge is 2.27. The van der Waals surface area contributed by atoms with Crippen LogP contribution in [-0.4, -0.2) is 51.2 Å². The van der Waals surface area contributed by atoms with Crippen LogP contribution in [0.15, 0.2) is 48.6 Å². The molecule has 0 aliphatic carbocycles. The summed E-state index contributed by atoms with van der Waals surface area (Å²) < 4.78 is 15.6. The molecule has 2 aromatic rings. The van der Waals surface area contributed by atoms with Crippen molar-refractivity contribution in [3.05, 3.63) is 54.1 Å². The molecule has 34 heavy (non-hydrogen) atoms. The van der Waals surface area contributed by atoms with E-state index < -0.39 is 12.0 Å². The molecule has 180 valence electrons. The van der Waals surface area contributed by atoms with Crippen LogP contribution in [0.2, 0.25) is 0 Å². The fourth-order valence-electron chi connectivity index (χ4n) is 3.85. The fraction of sp³-hybridized carbons (Fsp3) is 0.346. The summed E-state index contributed by atoms with van der Waals surface area (Å²) in [5, 5.41) is 7.59. The lowest BCUT2D eigenvalue weighted by atomic mass is 9.98. The van der Waals surface area contributed by atoms with Gasteiger partial charge in [-0.1, -0.05) is 18.2 Å². The highest BCUT2D eigenvalue weighted by Crippen LogP contribution is 2.32. The zero-order valence-corrected chi connectivity index (χ0v) is 19.6. The largest absolute Gasteiger partial charge is 0.493 e. The average Bonchev–Trinajstić information content (AvgIpc) is 3.24. The van der Waals surface area contributed by atoms with Gasteiger partial charge in [0.2, 0.25) is 11.8 Å². The van der Waals surface area contributed by atoms with Crippen molar-refractivity contribution >= 4 is 34.6 Å². The first-order valence-electron chi connectivity index (χ1n) is 11.2. The second-order valence-corrected chi connectivity index (χ2v) is 7.89. The molecule has 2 atom stereocenters. The molecule has 1 fully saturated rings. The van der Waals surface area contributed by atoms with Crippen LogP contribution in [0.5, 0.6) is 11.5 Å². The van der Waals surface area contributed by atoms with Crippen molar-refractivity contribution in [3.8, 4) is 11.5 Å². The van der Waals surface area contributed by atoms with Crippen molar-refractivity contribution in [1.82, 2.24) is 10.6 Å². The maximum Gasteiger partial charge on any atom is 0.330 e. The Kier molecular flexibility index (Phi) is 8.67. The number of benzene rings is 2. The summed E-state index contributed by atoms with van der Waals surface area (Å²) >= 11 is 0. The SMILES string of the molecule is CCOC(=O)/C=C/[C@H](C[C@@H]1CCNC1=O)NC(=O)/C=C/c1ccc2cc(OC)c(OC)cc2c1. The summed E-state index contributed by atoms with van der Waals surface area (Å²) in [7, 11) is 3.17. The third-order valence-electron chi connectivity index (χ3n) is 5.57. The van der Waals surface area contributed by atoms with E-state index in [2.05, 4.69) is 10.6 Å². The Balaban J connectivity index is 1.71. The van der Waals surface area contributed by atoms with Crippen LogP contribution in [0.1, 0.15) is 25.3 Å². The molecule has 0 radical (unpaired) electrons. The standard InChI is InChI=1S/C26H30N2O6/c1-4-34-25(30)10-8-21(14-19-11-12-27-26(19)31)28-24(29)9-6-17-5-7-18-15-22(32-2)23(33-3)16-20(18)13-17/h5-10,13,15-16,19,21H,4,11-12,14H2,1-3H3,(H,27,31)(H,28,29)/b9-6+,10-8+/t19-,21+/m0/s1. The molecule has 0 aromatic heterocycles. The van der Waals surface area contributed by atoms with Crippen LogP contribution >= 0.6 is 0 Å². The smallest absolute Gasteiger partial charge is 0.330 e. The zero-order chi connectivity index (χ0) is 24.5. The number of amides is 2. The first-order valence-corrected chi connectivity index (χ1v) is 11.2. The highest BCUT2D eigenvalue weighted by molar-refractivity contribution is 5.94. The van der Waals surface area contributed by atoms with Gasteiger partial charge in [0.1, 0.15) is 0 Å². The molecule has 1 saturated heterocycles. The maximum absolute atomic E-state index is 12.6. The number of fused-ring (bicyclic) bond motifs is 1. The molecule has 1 heterocycles. The number of nitrogens with one attached hydrogen (secondary N) is 2. The van der Waals surface area contributed by atoms with Crippen molar-refractivity contribution in [1.29, 1.82) is 0 Å². The molecule has 8 heteroatoms. The number of methoxy groups -OCH3 is 2. The van der Waals surface area contributed by atoms with Gasteiger partial charge in [0.25, 0.3) is 0 Å². The van der Waals surface area contributed by atoms with E-state index in [-0.39, 0.29) is 24.3 Å². The average molecular weight is 467 g/mol. The van der Waals surface area contributed by atoms with Crippen molar-refractivity contribution in [2.24, 2.45) is 5.92 Å². The number of ether oxygens (including phenoxy) is 3. The van der Waals surface area contributed by atoms with Crippen molar-refractivity contribution in [3.63, 3.8) is 0 Å². The van der Waals surface area contributed by atoms with Gasteiger partial charge in [-0.2, -0.15) is 0 Å². The number of hydrogen-bond donors (Lipinski definition) is 2. The van der Waals surface area contributed by atoms with Crippen LogP contribution in [0.25, 0.3) is 16.8 Å². The molecular weight excluding hydrogens is 436 g/mol. The molecule has 0 bridgehead atoms. The molecule has 0 unspecified atom stereocenters. The van der Waals surface area contributed by atoms with Crippen molar-refractivity contribution < 1.29 is 28.6 Å². The summed E-state index contributed by atoms with van der Waals surface area (Å²) in [6.45, 7) is 2.60. The first-order chi connectivity index (χ1) is 16.4. The van der Waals surface area contributed by atoms with Crippen molar-refractivity contribution in [2.45, 2.75) is 25.8 Å². The van der Waals surface area contributed by atoms with E-state index in [1.807, 2.05) is 30.3 Å². The second kappa shape index (κ2) is 11.9. The Bertz CT molecular complexity index is 1110. The Labute approximate surface area is 198 Å². The predicted molar refractivity (Wildman–Crippen MR) is 130 cm³/mol. The Hall–Kier alpha value is -3.81. The van der Waals surface area contributed by atoms with E-state index in [4.69, 9.17) is 14.2 Å². The van der Waals surface area contributed by atoms with E-state index in [1.54, 1.807) is 33.3 Å². The Morgan fingerprint density at radius 3 is 2.50 bits per heavy atom. The highest BCUT2D eigenvalue weighted by atomic mass is 16.5. The van der Waals surface area contributed by atoms with Gasteiger partial charge >= 0.3 is 5.97 Å². The van der Waals surface area contributed by atoms with Gasteiger partial charge in [-0.15, -0.1) is 0 Å². The molecule has 1 aliphatic rings. The molecule has 2 N–H and O–H groups in total. The molecule has 2 aromatic carbocycles. The molecule has 2 amide bonds. The van der Waals surface area contributed by atoms with Gasteiger partial charge in [-0.05, 0) is 60.4 Å². The summed E-state index contributed by atoms with van der Waals surface area (Å²) in [6.07, 6.45) is 7.10. The first kappa shape index (κ1) is 24.8. The second-order valence-electron chi connectivity index (χ2n) is 7.89. The monoisotopic (exact) mass is 466 g/mol. The van der Waals surface area contributed by atoms with Gasteiger partial charge in [0.15, 0.2) is 11.5 Å². The van der Waals surface area contributed by atoms with E-state index >= 15 is 0 Å². The molecule has 8 nitrogen and oxygen atoms in total. The minimum absolute atomic E-state index is 0.0393. The number of hydrogen-bond acceptors (Lipinski definition) is 6. The topological polar surface area (TPSA) is 103 Å². The van der Waals surface area contributed by atoms with Gasteiger partial charge in [-0.25, -0.2) is 4.79 Å². The number of esters is 1. The minimum Gasteiger partial charge on any atom is -0.493 e. The molecule has 0 spiro atoms. The number of carbonyl (C=O) groups excluding carboxylic acids is 3. The quantitative estimate of drug-likeness (QED) is 0.412. The molecule has 3 rings (SSSR count). The van der Waals surface area contributed by atoms with Gasteiger partial charge < -0.3 is 24.8 Å². The number of carbonyl (C=O) groups is 3. The van der Waals surface area contributed by atoms with Crippen LogP contribution in [0.4, 0.5) is 0 Å². The van der Waals surface area contributed by atoms with Crippen molar-refractivity contribution in [2.75, 3.05) is 27.4 Å². The van der Waals surface area contributed by atoms with Crippen LogP contribution in [0, 0.1) is 5.92 Å². The molecule has 0 saturated carbocycles. The third kappa shape index (κ3) is 6.60. The lowest BCUT2D eigenvalue weighted by Crippen LogP contribution is -2.35. The summed E-state index contributed by atoms with van der Waals surface area (Å²) in [6, 6.07) is 9.09. The minimum atomic E-state index is -0.489. The van der Waals surface area contributed by atoms with E-state index in [0.717, 1.165) is 16.3 Å². The van der Waals surface area contributed by atoms with E-state index in [0.29, 0.717) is 30.9 Å². The summed E-state index contributed by atoms with van der Waals surface area (Å²) in [5.74, 6) is 0.202. The van der Waals surface area contributed by atoms with Crippen LogP contribution in [-0.2, 0) is 19.1 Å². The zero-order valence-electron chi connectivity index (χ0n) is 19.6. The van der Waals surface area contributed by atoms with Gasteiger partial charge in [0, 0.05) is 30.7 Å². The lowest BCUT2D eigenvalue weighted by Gasteiger charge is -2.17. The Morgan fingerprint density at radius 1 is 1.12 bits per heavy atom. The van der Waals surface area contributed by atoms with Crippen LogP contribution in [0.3, 0.4) is 0 Å². The lowest BCUT2D eigenvalue weighted by molar-refractivity contribution is -0.137. The van der Waals surface area contributed by atoms with E-state index in [9.17, 15) is 14.4 Å². The molecular formula is C26H30N2O6. The number of rotatable bonds is 10. The fourth-order valence-corrected chi connectivity index (χ4v) is 3.85. The summed E-state index contributed by atoms with van der Waals surface area (Å²) in [5.41, 5.74) is 0.837. The third-order valence-corrected chi connectivity index (χ3v) is 5.57. The van der Waals surface area contributed by atoms with Crippen LogP contribution < -0.4 is 20.1 Å². The molecule has 1 aliphatic heterocycles. The van der Waals surface area contributed by atoms with E-state index in [1.165, 1.54) is 12.2 Å². The van der Waals surface area contributed by atoms with Gasteiger partial charge in [0.05, 0.1) is 20.8 Å². The predicted octanol–water partition coefficient (Wildman–Crippen LogP) is 3.00.